The van der Waals surface area contributed by atoms with E-state index >= 15 is 0 Å². The van der Waals surface area contributed by atoms with E-state index in [1.54, 1.807) is 0 Å². The molecule has 1 saturated carbocycles. The van der Waals surface area contributed by atoms with Gasteiger partial charge in [0.05, 0.1) is 5.54 Å². The maximum absolute atomic E-state index is 13.3. The van der Waals surface area contributed by atoms with Crippen LogP contribution in [-0.4, -0.2) is 47.4 Å². The van der Waals surface area contributed by atoms with E-state index in [9.17, 15) is 9.59 Å². The number of piperidine rings is 1. The van der Waals surface area contributed by atoms with E-state index in [0.29, 0.717) is 17.3 Å². The molecule has 5 nitrogen and oxygen atoms in total. The first-order chi connectivity index (χ1) is 11.4. The second kappa shape index (κ2) is 5.70. The summed E-state index contributed by atoms with van der Waals surface area (Å²) in [6.07, 6.45) is 1.82. The molecule has 0 radical (unpaired) electrons. The highest BCUT2D eigenvalue weighted by molar-refractivity contribution is 5.92. The quantitative estimate of drug-likeness (QED) is 0.821. The maximum Gasteiger partial charge on any atom is 0.245 e. The summed E-state index contributed by atoms with van der Waals surface area (Å²) in [6, 6.07) is -0.225. The number of amides is 2. The van der Waals surface area contributed by atoms with Crippen molar-refractivity contribution in [3.05, 3.63) is 0 Å². The fourth-order valence-electron chi connectivity index (χ4n) is 5.15. The SMILES string of the molecule is C[C@@H]1[C@@H]2C(CN1C(=O)[C@@H](NC(=O)C1(C)CCCN1)C(C)(C)C)C2(C)C. The topological polar surface area (TPSA) is 61.4 Å². The first kappa shape index (κ1) is 18.7. The van der Waals surface area contributed by atoms with Crippen molar-refractivity contribution in [2.24, 2.45) is 22.7 Å². The fourth-order valence-corrected chi connectivity index (χ4v) is 5.15. The van der Waals surface area contributed by atoms with Gasteiger partial charge in [-0.1, -0.05) is 34.6 Å². The lowest BCUT2D eigenvalue weighted by molar-refractivity contribution is -0.142. The van der Waals surface area contributed by atoms with E-state index in [4.69, 9.17) is 0 Å². The number of carbonyl (C=O) groups is 2. The molecule has 2 heterocycles. The van der Waals surface area contributed by atoms with Crippen molar-refractivity contribution in [2.45, 2.75) is 78.9 Å². The van der Waals surface area contributed by atoms with Gasteiger partial charge in [0.2, 0.25) is 11.8 Å². The lowest BCUT2D eigenvalue weighted by Gasteiger charge is -2.38. The second-order valence-corrected chi connectivity index (χ2v) is 10.3. The predicted octanol–water partition coefficient (Wildman–Crippen LogP) is 2.16. The Hall–Kier alpha value is -1.10. The molecule has 142 valence electrons. The Bertz CT molecular complexity index is 572. The van der Waals surface area contributed by atoms with Crippen molar-refractivity contribution in [2.75, 3.05) is 13.1 Å². The van der Waals surface area contributed by atoms with Crippen LogP contribution in [0.5, 0.6) is 0 Å². The summed E-state index contributed by atoms with van der Waals surface area (Å²) in [7, 11) is 0. The van der Waals surface area contributed by atoms with E-state index in [2.05, 4.69) is 31.4 Å². The van der Waals surface area contributed by atoms with Crippen LogP contribution in [0.2, 0.25) is 0 Å². The van der Waals surface area contributed by atoms with E-state index < -0.39 is 11.6 Å². The Morgan fingerprint density at radius 3 is 2.32 bits per heavy atom. The highest BCUT2D eigenvalue weighted by atomic mass is 16.2. The van der Waals surface area contributed by atoms with Crippen LogP contribution in [0.3, 0.4) is 0 Å². The number of likely N-dealkylation sites (tertiary alicyclic amines) is 1. The lowest BCUT2D eigenvalue weighted by atomic mass is 9.84. The first-order valence-electron chi connectivity index (χ1n) is 9.76. The average Bonchev–Trinajstić information content (AvgIpc) is 2.87. The van der Waals surface area contributed by atoms with Gasteiger partial charge in [0.1, 0.15) is 6.04 Å². The predicted molar refractivity (Wildman–Crippen MR) is 99.0 cm³/mol. The molecule has 5 heteroatoms. The summed E-state index contributed by atoms with van der Waals surface area (Å²) >= 11 is 0. The van der Waals surface area contributed by atoms with Crippen LogP contribution in [0, 0.1) is 22.7 Å². The molecular formula is C20H35N3O2. The molecule has 0 bridgehead atoms. The first-order valence-corrected chi connectivity index (χ1v) is 9.76. The van der Waals surface area contributed by atoms with Gasteiger partial charge in [-0.3, -0.25) is 9.59 Å². The average molecular weight is 350 g/mol. The standard InChI is InChI=1S/C20H35N3O2/c1-12-14-13(19(14,5)6)11-23(12)16(24)15(18(2,3)4)22-17(25)20(7)9-8-10-21-20/h12-15,21H,8-11H2,1-7H3,(H,22,25)/t12-,13?,14-,15-,20?/m1/s1. The number of nitrogens with zero attached hydrogens (tertiary/aromatic N) is 1. The summed E-state index contributed by atoms with van der Waals surface area (Å²) in [5.74, 6) is 1.24. The molecule has 0 aromatic carbocycles. The zero-order chi connectivity index (χ0) is 18.8. The van der Waals surface area contributed by atoms with Gasteiger partial charge in [-0.2, -0.15) is 0 Å². The molecule has 1 aliphatic carbocycles. The van der Waals surface area contributed by atoms with E-state index in [0.717, 1.165) is 25.9 Å². The normalized spacial score (nSPS) is 37.6. The Morgan fingerprint density at radius 2 is 1.88 bits per heavy atom. The second-order valence-electron chi connectivity index (χ2n) is 10.3. The molecule has 0 aromatic rings. The molecule has 3 aliphatic rings. The van der Waals surface area contributed by atoms with E-state index in [1.807, 2.05) is 32.6 Å². The molecule has 2 amide bonds. The minimum absolute atomic E-state index is 0.0457. The van der Waals surface area contributed by atoms with Crippen molar-refractivity contribution in [1.82, 2.24) is 15.5 Å². The zero-order valence-corrected chi connectivity index (χ0v) is 16.9. The lowest BCUT2D eigenvalue weighted by Crippen LogP contribution is -2.61. The van der Waals surface area contributed by atoms with Crippen LogP contribution < -0.4 is 10.6 Å². The molecule has 2 aliphatic heterocycles. The van der Waals surface area contributed by atoms with Crippen molar-refractivity contribution in [3.63, 3.8) is 0 Å². The van der Waals surface area contributed by atoms with Gasteiger partial charge in [0, 0.05) is 12.6 Å². The third-order valence-corrected chi connectivity index (χ3v) is 7.09. The smallest absolute Gasteiger partial charge is 0.245 e. The summed E-state index contributed by atoms with van der Waals surface area (Å²) in [6.45, 7) is 16.5. The third kappa shape index (κ3) is 2.98. The van der Waals surface area contributed by atoms with Gasteiger partial charge in [0.25, 0.3) is 0 Å². The minimum atomic E-state index is -0.551. The number of carbonyl (C=O) groups excluding carboxylic acids is 2. The van der Waals surface area contributed by atoms with Crippen LogP contribution in [-0.2, 0) is 9.59 Å². The van der Waals surface area contributed by atoms with E-state index in [-0.39, 0.29) is 23.3 Å². The molecule has 3 rings (SSSR count). The van der Waals surface area contributed by atoms with Gasteiger partial charge < -0.3 is 15.5 Å². The van der Waals surface area contributed by atoms with Crippen LogP contribution in [0.25, 0.3) is 0 Å². The Balaban J connectivity index is 1.73. The molecule has 0 spiro atoms. The zero-order valence-electron chi connectivity index (χ0n) is 16.9. The van der Waals surface area contributed by atoms with Crippen molar-refractivity contribution in [3.8, 4) is 0 Å². The summed E-state index contributed by atoms with van der Waals surface area (Å²) in [4.78, 5) is 28.2. The molecule has 5 atom stereocenters. The molecule has 25 heavy (non-hydrogen) atoms. The molecule has 2 saturated heterocycles. The Kier molecular flexibility index (Phi) is 4.26. The van der Waals surface area contributed by atoms with Crippen LogP contribution >= 0.6 is 0 Å². The highest BCUT2D eigenvalue weighted by Gasteiger charge is 2.66. The van der Waals surface area contributed by atoms with Gasteiger partial charge in [-0.25, -0.2) is 0 Å². The summed E-state index contributed by atoms with van der Waals surface area (Å²) in [5, 5.41) is 6.39. The fraction of sp³-hybridized carbons (Fsp3) is 0.900. The number of hydrogen-bond acceptors (Lipinski definition) is 3. The molecule has 3 fully saturated rings. The van der Waals surface area contributed by atoms with Crippen molar-refractivity contribution in [1.29, 1.82) is 0 Å². The molecule has 2 unspecified atom stereocenters. The summed E-state index contributed by atoms with van der Waals surface area (Å²) in [5.41, 5.74) is -0.508. The highest BCUT2D eigenvalue weighted by Crippen LogP contribution is 2.64. The largest absolute Gasteiger partial charge is 0.342 e. The number of hydrogen-bond donors (Lipinski definition) is 2. The minimum Gasteiger partial charge on any atom is -0.342 e. The monoisotopic (exact) mass is 349 g/mol. The number of rotatable bonds is 3. The van der Waals surface area contributed by atoms with Gasteiger partial charge in [0.15, 0.2) is 0 Å². The number of fused-ring (bicyclic) bond motifs is 1. The van der Waals surface area contributed by atoms with Gasteiger partial charge in [-0.15, -0.1) is 0 Å². The van der Waals surface area contributed by atoms with Crippen molar-refractivity contribution >= 4 is 11.8 Å². The third-order valence-electron chi connectivity index (χ3n) is 7.09. The maximum atomic E-state index is 13.3. The molecular weight excluding hydrogens is 314 g/mol. The molecule has 0 aromatic heterocycles. The van der Waals surface area contributed by atoms with Crippen LogP contribution in [0.15, 0.2) is 0 Å². The number of nitrogens with one attached hydrogen (secondary N) is 2. The van der Waals surface area contributed by atoms with E-state index in [1.165, 1.54) is 0 Å². The van der Waals surface area contributed by atoms with Gasteiger partial charge >= 0.3 is 0 Å². The Morgan fingerprint density at radius 1 is 1.24 bits per heavy atom. The van der Waals surface area contributed by atoms with Crippen LogP contribution in [0.4, 0.5) is 0 Å². The summed E-state index contributed by atoms with van der Waals surface area (Å²) < 4.78 is 0. The Labute approximate surface area is 152 Å². The molecule has 2 N–H and O–H groups in total. The van der Waals surface area contributed by atoms with Gasteiger partial charge in [-0.05, 0) is 55.9 Å². The van der Waals surface area contributed by atoms with Crippen molar-refractivity contribution < 1.29 is 9.59 Å². The van der Waals surface area contributed by atoms with Crippen LogP contribution in [0.1, 0.15) is 61.3 Å².